The largest absolute Gasteiger partial charge is 0.0628 e. The molecule has 1 rings (SSSR count). The van der Waals surface area contributed by atoms with Crippen molar-refractivity contribution in [2.45, 2.75) is 71.6 Å². The van der Waals surface area contributed by atoms with E-state index in [2.05, 4.69) is 13.8 Å². The van der Waals surface area contributed by atoms with E-state index in [0.29, 0.717) is 0 Å². The van der Waals surface area contributed by atoms with Crippen molar-refractivity contribution < 1.29 is 0 Å². The smallest absolute Gasteiger partial charge is 0.0412 e. The number of hydrogen-bond donors (Lipinski definition) is 0. The van der Waals surface area contributed by atoms with Crippen LogP contribution in [0, 0.1) is 11.8 Å². The summed E-state index contributed by atoms with van der Waals surface area (Å²) in [5.74, 6) is 1.96. The van der Waals surface area contributed by atoms with E-state index in [-0.39, 0.29) is 0 Å². The molecule has 0 atom stereocenters. The van der Waals surface area contributed by atoms with Gasteiger partial charge in [-0.3, -0.25) is 0 Å². The van der Waals surface area contributed by atoms with E-state index in [0.717, 1.165) is 11.8 Å². The quantitative estimate of drug-likeness (QED) is 0.576. The van der Waals surface area contributed by atoms with Gasteiger partial charge in [0, 0.05) is 0 Å². The normalized spacial score (nSPS) is 22.4. The molecule has 0 heteroatoms. The van der Waals surface area contributed by atoms with Crippen molar-refractivity contribution in [3.63, 3.8) is 0 Å². The van der Waals surface area contributed by atoms with E-state index in [1.54, 1.807) is 0 Å². The van der Waals surface area contributed by atoms with Crippen LogP contribution in [0.3, 0.4) is 0 Å². The molecule has 0 N–H and O–H groups in total. The third-order valence-electron chi connectivity index (χ3n) is 3.28. The fraction of sp³-hybridized carbons (Fsp3) is 1.00. The summed E-state index contributed by atoms with van der Waals surface area (Å²) in [6, 6.07) is 0. The van der Waals surface area contributed by atoms with Gasteiger partial charge in [0.15, 0.2) is 0 Å². The zero-order valence-electron chi connectivity index (χ0n) is 9.52. The maximum atomic E-state index is 2.37. The van der Waals surface area contributed by atoms with Crippen LogP contribution >= 0.6 is 0 Å². The van der Waals surface area contributed by atoms with Crippen LogP contribution in [0.5, 0.6) is 0 Å². The van der Waals surface area contributed by atoms with Crippen LogP contribution in [0.4, 0.5) is 0 Å². The van der Waals surface area contributed by atoms with Gasteiger partial charge >= 0.3 is 0 Å². The van der Waals surface area contributed by atoms with Gasteiger partial charge in [0.05, 0.1) is 0 Å². The molecule has 1 aliphatic rings. The van der Waals surface area contributed by atoms with Crippen LogP contribution in [-0.4, -0.2) is 0 Å². The Morgan fingerprint density at radius 3 is 1.77 bits per heavy atom. The van der Waals surface area contributed by atoms with Gasteiger partial charge in [-0.05, 0) is 18.3 Å². The summed E-state index contributed by atoms with van der Waals surface area (Å²) >= 11 is 0. The lowest BCUT2D eigenvalue weighted by Crippen LogP contribution is -2.04. The summed E-state index contributed by atoms with van der Waals surface area (Å²) in [4.78, 5) is 0. The SMILES string of the molecule is CC(C)CC1CCCCCCCC1. The lowest BCUT2D eigenvalue weighted by atomic mass is 9.89. The third-order valence-corrected chi connectivity index (χ3v) is 3.28. The standard InChI is InChI=1S/C13H26/c1-12(2)11-13-9-7-5-3-4-6-8-10-13/h12-13H,3-11H2,1-2H3. The molecule has 0 saturated heterocycles. The first-order chi connectivity index (χ1) is 6.29. The van der Waals surface area contributed by atoms with Gasteiger partial charge in [-0.1, -0.05) is 65.2 Å². The number of hydrogen-bond acceptors (Lipinski definition) is 0. The van der Waals surface area contributed by atoms with Crippen LogP contribution in [-0.2, 0) is 0 Å². The molecule has 1 saturated carbocycles. The van der Waals surface area contributed by atoms with E-state index >= 15 is 0 Å². The first-order valence-electron chi connectivity index (χ1n) is 6.29. The van der Waals surface area contributed by atoms with Crippen molar-refractivity contribution >= 4 is 0 Å². The molecule has 0 aromatic carbocycles. The van der Waals surface area contributed by atoms with Gasteiger partial charge in [-0.15, -0.1) is 0 Å². The molecule has 13 heavy (non-hydrogen) atoms. The molecule has 0 aromatic heterocycles. The maximum Gasteiger partial charge on any atom is -0.0412 e. The lowest BCUT2D eigenvalue weighted by Gasteiger charge is -2.17. The van der Waals surface area contributed by atoms with Crippen LogP contribution in [0.1, 0.15) is 71.6 Å². The van der Waals surface area contributed by atoms with Crippen molar-refractivity contribution in [2.75, 3.05) is 0 Å². The van der Waals surface area contributed by atoms with Crippen molar-refractivity contribution in [1.29, 1.82) is 0 Å². The summed E-state index contributed by atoms with van der Waals surface area (Å²) in [5.41, 5.74) is 0. The highest BCUT2D eigenvalue weighted by Gasteiger charge is 2.11. The highest BCUT2D eigenvalue weighted by Crippen LogP contribution is 2.26. The molecule has 0 nitrogen and oxygen atoms in total. The van der Waals surface area contributed by atoms with Crippen molar-refractivity contribution in [1.82, 2.24) is 0 Å². The Labute approximate surface area is 84.1 Å². The molecule has 0 radical (unpaired) electrons. The topological polar surface area (TPSA) is 0 Å². The molecule has 1 aliphatic carbocycles. The molecule has 78 valence electrons. The second-order valence-electron chi connectivity index (χ2n) is 5.19. The zero-order chi connectivity index (χ0) is 9.52. The van der Waals surface area contributed by atoms with Gasteiger partial charge < -0.3 is 0 Å². The predicted molar refractivity (Wildman–Crippen MR) is 59.9 cm³/mol. The average Bonchev–Trinajstić information content (AvgIpc) is 2.17. The van der Waals surface area contributed by atoms with Gasteiger partial charge in [-0.25, -0.2) is 0 Å². The Morgan fingerprint density at radius 1 is 0.846 bits per heavy atom. The van der Waals surface area contributed by atoms with E-state index < -0.39 is 0 Å². The lowest BCUT2D eigenvalue weighted by molar-refractivity contribution is 0.351. The van der Waals surface area contributed by atoms with Crippen molar-refractivity contribution in [2.24, 2.45) is 11.8 Å². The fourth-order valence-electron chi connectivity index (χ4n) is 2.62. The van der Waals surface area contributed by atoms with Crippen molar-refractivity contribution in [3.8, 4) is 0 Å². The second-order valence-corrected chi connectivity index (χ2v) is 5.19. The molecule has 0 unspecified atom stereocenters. The molecule has 0 bridgehead atoms. The summed E-state index contributed by atoms with van der Waals surface area (Å²) < 4.78 is 0. The Balaban J connectivity index is 2.24. The van der Waals surface area contributed by atoms with Gasteiger partial charge in [0.2, 0.25) is 0 Å². The Hall–Kier alpha value is 0. The maximum absolute atomic E-state index is 2.37. The average molecular weight is 182 g/mol. The molecule has 0 spiro atoms. The minimum absolute atomic E-state index is 0.908. The van der Waals surface area contributed by atoms with Crippen LogP contribution in [0.25, 0.3) is 0 Å². The highest BCUT2D eigenvalue weighted by atomic mass is 14.2. The van der Waals surface area contributed by atoms with E-state index in [1.165, 1.54) is 57.8 Å². The molecule has 0 heterocycles. The molecular formula is C13H26. The van der Waals surface area contributed by atoms with E-state index in [9.17, 15) is 0 Å². The second kappa shape index (κ2) is 6.45. The molecule has 0 aliphatic heterocycles. The fourth-order valence-corrected chi connectivity index (χ4v) is 2.62. The summed E-state index contributed by atoms with van der Waals surface area (Å²) in [6.45, 7) is 4.74. The molecular weight excluding hydrogens is 156 g/mol. The first kappa shape index (κ1) is 11.1. The van der Waals surface area contributed by atoms with Crippen LogP contribution in [0.15, 0.2) is 0 Å². The van der Waals surface area contributed by atoms with E-state index in [4.69, 9.17) is 0 Å². The minimum Gasteiger partial charge on any atom is -0.0628 e. The zero-order valence-corrected chi connectivity index (χ0v) is 9.52. The van der Waals surface area contributed by atoms with Gasteiger partial charge in [0.25, 0.3) is 0 Å². The Morgan fingerprint density at radius 2 is 1.31 bits per heavy atom. The summed E-state index contributed by atoms with van der Waals surface area (Å²) in [7, 11) is 0. The molecule has 1 fully saturated rings. The van der Waals surface area contributed by atoms with E-state index in [1.807, 2.05) is 0 Å². The van der Waals surface area contributed by atoms with Crippen molar-refractivity contribution in [3.05, 3.63) is 0 Å². The van der Waals surface area contributed by atoms with Gasteiger partial charge in [0.1, 0.15) is 0 Å². The molecule has 0 aromatic rings. The summed E-state index contributed by atoms with van der Waals surface area (Å²) in [6.07, 6.45) is 13.5. The first-order valence-corrected chi connectivity index (χ1v) is 6.29. The van der Waals surface area contributed by atoms with Crippen LogP contribution < -0.4 is 0 Å². The third kappa shape index (κ3) is 5.33. The predicted octanol–water partition coefficient (Wildman–Crippen LogP) is 4.78. The monoisotopic (exact) mass is 182 g/mol. The Kier molecular flexibility index (Phi) is 5.50. The van der Waals surface area contributed by atoms with Crippen LogP contribution in [0.2, 0.25) is 0 Å². The Bertz CT molecular complexity index is 105. The minimum atomic E-state index is 0.908. The highest BCUT2D eigenvalue weighted by molar-refractivity contribution is 4.64. The molecule has 0 amide bonds. The number of rotatable bonds is 2. The van der Waals surface area contributed by atoms with Gasteiger partial charge in [-0.2, -0.15) is 0 Å². The summed E-state index contributed by atoms with van der Waals surface area (Å²) in [5, 5.41) is 0.